The van der Waals surface area contributed by atoms with E-state index in [4.69, 9.17) is 16.4 Å². The molecule has 1 aliphatic heterocycles. The van der Waals surface area contributed by atoms with Gasteiger partial charge in [0.1, 0.15) is 29.5 Å². The van der Waals surface area contributed by atoms with E-state index in [0.29, 0.717) is 71.6 Å². The fourth-order valence-corrected chi connectivity index (χ4v) is 7.25. The zero-order valence-electron chi connectivity index (χ0n) is 29.3. The Morgan fingerprint density at radius 1 is 0.643 bits per heavy atom. The molecular formula is C43H27ClN6O6. The van der Waals surface area contributed by atoms with Crippen molar-refractivity contribution in [3.63, 3.8) is 0 Å². The van der Waals surface area contributed by atoms with E-state index in [1.165, 1.54) is 13.1 Å². The fraction of sp³-hybridized carbons (Fsp3) is 0.0465. The topological polar surface area (TPSA) is 166 Å². The standard InChI is InChI=1S/C43H27ClN6O6/c1-50-42(54)30-10-6-9-29-37(30)33(43(50)55)20-36(51)38(29)47-45-24-13-15-27-28-16-14-25(19-32(28)41(53)31(27)18-24)46-48-39-26-8-3-2-7-22(26)17-23(40(39)52)21-56-49-35-12-5-4-11-34(35)44/h2-20,49,51-52H,21H2,1H3. The molecule has 7 aromatic rings. The quantitative estimate of drug-likeness (QED) is 0.0787. The Hall–Kier alpha value is -7.28. The molecule has 0 radical (unpaired) electrons. The molecule has 0 saturated carbocycles. The Labute approximate surface area is 322 Å². The minimum atomic E-state index is -0.524. The van der Waals surface area contributed by atoms with E-state index in [9.17, 15) is 24.6 Å². The number of carbonyl (C=O) groups excluding carboxylic acids is 3. The second-order valence-electron chi connectivity index (χ2n) is 13.2. The number of fused-ring (bicyclic) bond motifs is 4. The smallest absolute Gasteiger partial charge is 0.261 e. The summed E-state index contributed by atoms with van der Waals surface area (Å²) in [4.78, 5) is 46.1. The first-order valence-corrected chi connectivity index (χ1v) is 17.7. The summed E-state index contributed by atoms with van der Waals surface area (Å²) in [7, 11) is 1.39. The van der Waals surface area contributed by atoms with E-state index in [1.807, 2.05) is 42.5 Å². The van der Waals surface area contributed by atoms with Crippen molar-refractivity contribution in [2.45, 2.75) is 6.61 Å². The monoisotopic (exact) mass is 758 g/mol. The SMILES string of the molecule is CN1C(=O)c2cccc3c(N=Nc4ccc5c(c4)C(=O)c4cc(N=Nc6c(O)c(CONc7ccccc7Cl)cc7ccccc67)ccc4-5)c(O)cc(c23)C1=O. The van der Waals surface area contributed by atoms with Crippen LogP contribution in [0, 0.1) is 0 Å². The Morgan fingerprint density at radius 3 is 2.02 bits per heavy atom. The molecule has 272 valence electrons. The number of phenols is 2. The summed E-state index contributed by atoms with van der Waals surface area (Å²) < 4.78 is 0. The maximum absolute atomic E-state index is 13.7. The van der Waals surface area contributed by atoms with Gasteiger partial charge < -0.3 is 10.2 Å². The third kappa shape index (κ3) is 5.72. The normalized spacial score (nSPS) is 13.4. The van der Waals surface area contributed by atoms with E-state index in [2.05, 4.69) is 25.9 Å². The van der Waals surface area contributed by atoms with Crippen LogP contribution in [0.25, 0.3) is 32.7 Å². The van der Waals surface area contributed by atoms with Crippen LogP contribution in [0.3, 0.4) is 0 Å². The second kappa shape index (κ2) is 13.5. The summed E-state index contributed by atoms with van der Waals surface area (Å²) in [6.45, 7) is 0.00235. The van der Waals surface area contributed by atoms with Gasteiger partial charge in [0.2, 0.25) is 0 Å². The highest BCUT2D eigenvalue weighted by Crippen LogP contribution is 2.45. The summed E-state index contributed by atoms with van der Waals surface area (Å²) >= 11 is 6.22. The van der Waals surface area contributed by atoms with Crippen LogP contribution in [0.1, 0.15) is 42.2 Å². The van der Waals surface area contributed by atoms with Gasteiger partial charge in [-0.15, -0.1) is 10.2 Å². The lowest BCUT2D eigenvalue weighted by atomic mass is 9.93. The van der Waals surface area contributed by atoms with Crippen molar-refractivity contribution in [2.75, 3.05) is 12.5 Å². The average molecular weight is 759 g/mol. The number of hydrogen-bond donors (Lipinski definition) is 3. The number of rotatable bonds is 8. The van der Waals surface area contributed by atoms with Crippen LogP contribution in [0.4, 0.5) is 28.4 Å². The van der Waals surface area contributed by atoms with Gasteiger partial charge in [-0.3, -0.25) is 29.6 Å². The van der Waals surface area contributed by atoms with Crippen molar-refractivity contribution in [1.82, 2.24) is 4.90 Å². The minimum Gasteiger partial charge on any atom is -0.506 e. The summed E-state index contributed by atoms with van der Waals surface area (Å²) in [5, 5.41) is 42.5. The Bertz CT molecular complexity index is 2930. The van der Waals surface area contributed by atoms with E-state index in [1.54, 1.807) is 66.7 Å². The molecule has 1 heterocycles. The van der Waals surface area contributed by atoms with Crippen LogP contribution < -0.4 is 5.48 Å². The van der Waals surface area contributed by atoms with Crippen molar-refractivity contribution in [3.8, 4) is 22.6 Å². The molecule has 0 aromatic heterocycles. The number of anilines is 1. The number of carbonyl (C=O) groups is 3. The Morgan fingerprint density at radius 2 is 1.29 bits per heavy atom. The number of hydrogen-bond acceptors (Lipinski definition) is 11. The number of aromatic hydroxyl groups is 2. The molecular weight excluding hydrogens is 732 g/mol. The number of halogens is 1. The minimum absolute atomic E-state index is 0.00235. The molecule has 0 saturated heterocycles. The molecule has 9 rings (SSSR count). The largest absolute Gasteiger partial charge is 0.506 e. The highest BCUT2D eigenvalue weighted by atomic mass is 35.5. The lowest BCUT2D eigenvalue weighted by Gasteiger charge is -2.24. The van der Waals surface area contributed by atoms with Crippen molar-refractivity contribution in [2.24, 2.45) is 20.5 Å². The van der Waals surface area contributed by atoms with E-state index in [-0.39, 0.29) is 40.8 Å². The maximum atomic E-state index is 13.7. The third-order valence-electron chi connectivity index (χ3n) is 9.86. The first-order valence-electron chi connectivity index (χ1n) is 17.3. The first kappa shape index (κ1) is 34.5. The number of amides is 2. The highest BCUT2D eigenvalue weighted by molar-refractivity contribution is 6.33. The van der Waals surface area contributed by atoms with Crippen LogP contribution >= 0.6 is 11.6 Å². The maximum Gasteiger partial charge on any atom is 0.261 e. The van der Waals surface area contributed by atoms with Gasteiger partial charge in [-0.1, -0.05) is 72.3 Å². The third-order valence-corrected chi connectivity index (χ3v) is 10.2. The molecule has 56 heavy (non-hydrogen) atoms. The number of imide groups is 1. The number of phenolic OH excluding ortho intramolecular Hbond substituents is 2. The van der Waals surface area contributed by atoms with Crippen molar-refractivity contribution in [1.29, 1.82) is 0 Å². The second-order valence-corrected chi connectivity index (χ2v) is 13.6. The molecule has 1 aliphatic carbocycles. The first-order chi connectivity index (χ1) is 27.2. The predicted octanol–water partition coefficient (Wildman–Crippen LogP) is 10.9. The van der Waals surface area contributed by atoms with E-state index in [0.717, 1.165) is 10.3 Å². The van der Waals surface area contributed by atoms with Gasteiger partial charge in [-0.2, -0.15) is 10.2 Å². The molecule has 0 spiro atoms. The molecule has 0 atom stereocenters. The summed E-state index contributed by atoms with van der Waals surface area (Å²) in [6.07, 6.45) is 0. The number of nitrogens with one attached hydrogen (secondary N) is 1. The van der Waals surface area contributed by atoms with Gasteiger partial charge in [-0.05, 0) is 71.1 Å². The highest BCUT2D eigenvalue weighted by Gasteiger charge is 2.32. The molecule has 12 nitrogen and oxygen atoms in total. The van der Waals surface area contributed by atoms with E-state index < -0.39 is 11.8 Å². The van der Waals surface area contributed by atoms with Gasteiger partial charge in [0.25, 0.3) is 11.8 Å². The molecule has 0 fully saturated rings. The molecule has 2 aliphatic rings. The number of nitrogens with zero attached hydrogens (tertiary/aromatic N) is 5. The fourth-order valence-electron chi connectivity index (χ4n) is 7.08. The average Bonchev–Trinajstić information content (AvgIpc) is 3.49. The zero-order chi connectivity index (χ0) is 38.7. The lowest BCUT2D eigenvalue weighted by molar-refractivity contribution is 0.0650. The van der Waals surface area contributed by atoms with Gasteiger partial charge in [0, 0.05) is 45.5 Å². The summed E-state index contributed by atoms with van der Waals surface area (Å²) in [5.74, 6) is -1.59. The number of azo groups is 2. The molecule has 7 aromatic carbocycles. The van der Waals surface area contributed by atoms with Crippen molar-refractivity contribution < 1.29 is 29.4 Å². The van der Waals surface area contributed by atoms with Gasteiger partial charge in [-0.25, -0.2) is 0 Å². The predicted molar refractivity (Wildman–Crippen MR) is 211 cm³/mol. The Balaban J connectivity index is 0.983. The van der Waals surface area contributed by atoms with Crippen molar-refractivity contribution >= 4 is 79.2 Å². The van der Waals surface area contributed by atoms with Crippen molar-refractivity contribution in [3.05, 3.63) is 148 Å². The number of benzene rings is 7. The van der Waals surface area contributed by atoms with Crippen LogP contribution in [0.5, 0.6) is 11.5 Å². The molecule has 0 bridgehead atoms. The number of ketones is 1. The zero-order valence-corrected chi connectivity index (χ0v) is 30.1. The van der Waals surface area contributed by atoms with Crippen LogP contribution in [0.2, 0.25) is 5.02 Å². The van der Waals surface area contributed by atoms with Crippen LogP contribution in [0.15, 0.2) is 136 Å². The lowest BCUT2D eigenvalue weighted by Crippen LogP contribution is -2.36. The van der Waals surface area contributed by atoms with Crippen LogP contribution in [-0.2, 0) is 11.4 Å². The molecule has 3 N–H and O–H groups in total. The molecule has 2 amide bonds. The van der Waals surface area contributed by atoms with E-state index >= 15 is 0 Å². The number of para-hydroxylation sites is 1. The van der Waals surface area contributed by atoms with Gasteiger partial charge in [0.15, 0.2) is 5.78 Å². The van der Waals surface area contributed by atoms with Crippen LogP contribution in [-0.4, -0.2) is 39.8 Å². The summed E-state index contributed by atoms with van der Waals surface area (Å²) in [6, 6.07) is 32.9. The van der Waals surface area contributed by atoms with Gasteiger partial charge >= 0.3 is 0 Å². The van der Waals surface area contributed by atoms with Gasteiger partial charge in [0.05, 0.1) is 27.6 Å². The summed E-state index contributed by atoms with van der Waals surface area (Å²) in [5.41, 5.74) is 7.73. The Kier molecular flexibility index (Phi) is 8.34. The molecule has 13 heteroatoms. The molecule has 0 unspecified atom stereocenters.